The Kier molecular flexibility index (Phi) is 1.25. The number of aromatic nitrogens is 2. The summed E-state index contributed by atoms with van der Waals surface area (Å²) in [5.41, 5.74) is 2.30. The van der Waals surface area contributed by atoms with Gasteiger partial charge in [-0.25, -0.2) is 0 Å². The maximum Gasteiger partial charge on any atom is 0.249 e. The number of hydrogen-bond donors (Lipinski definition) is 0. The lowest BCUT2D eigenvalue weighted by Crippen LogP contribution is -1.92. The number of fused-ring (bicyclic) bond motifs is 1. The number of hydrogen-bond acceptors (Lipinski definition) is 1. The van der Waals surface area contributed by atoms with Crippen LogP contribution in [0.15, 0.2) is 24.3 Å². The molecule has 3 heteroatoms. The Morgan fingerprint density at radius 3 is 2.82 bits per heavy atom. The zero-order valence-corrected chi connectivity index (χ0v) is 6.70. The number of rotatable bonds is 0. The quantitative estimate of drug-likeness (QED) is 0.498. The summed E-state index contributed by atoms with van der Waals surface area (Å²) < 4.78 is 1.91. The fourth-order valence-electron chi connectivity index (χ4n) is 1.39. The fraction of sp³-hybridized carbons (Fsp3) is 0.125. The SMILES string of the molecule is Bn1nc(C)c2ccccc21. The molecule has 0 radical (unpaired) electrons. The lowest BCUT2D eigenvalue weighted by molar-refractivity contribution is 0.987. The van der Waals surface area contributed by atoms with Gasteiger partial charge in [0.25, 0.3) is 0 Å². The van der Waals surface area contributed by atoms with E-state index in [9.17, 15) is 0 Å². The Hall–Kier alpha value is -1.25. The lowest BCUT2D eigenvalue weighted by Gasteiger charge is -1.90. The maximum atomic E-state index is 4.31. The Bertz CT molecular complexity index is 356. The van der Waals surface area contributed by atoms with E-state index >= 15 is 0 Å². The highest BCUT2D eigenvalue weighted by Crippen LogP contribution is 2.15. The minimum absolute atomic E-state index is 1.10. The third kappa shape index (κ3) is 0.844. The first-order valence-corrected chi connectivity index (χ1v) is 3.67. The molecular formula is C8H9BN2. The van der Waals surface area contributed by atoms with Crippen molar-refractivity contribution in [2.45, 2.75) is 6.92 Å². The monoisotopic (exact) mass is 144 g/mol. The third-order valence-corrected chi connectivity index (χ3v) is 1.94. The topological polar surface area (TPSA) is 17.8 Å². The second-order valence-electron chi connectivity index (χ2n) is 2.73. The molecular weight excluding hydrogens is 135 g/mol. The van der Waals surface area contributed by atoms with Gasteiger partial charge in [0.2, 0.25) is 7.98 Å². The van der Waals surface area contributed by atoms with Crippen molar-refractivity contribution in [1.29, 1.82) is 0 Å². The standard InChI is InChI=1S/C8H9BN2/c1-6-7-4-2-3-5-8(7)11(9)10-6/h2-5H,9H2,1H3. The smallest absolute Gasteiger partial charge is 0.249 e. The predicted molar refractivity (Wildman–Crippen MR) is 48.4 cm³/mol. The van der Waals surface area contributed by atoms with E-state index in [0.29, 0.717) is 0 Å². The minimum atomic E-state index is 1.10. The average Bonchev–Trinajstić information content (AvgIpc) is 2.30. The maximum absolute atomic E-state index is 4.31. The average molecular weight is 144 g/mol. The summed E-state index contributed by atoms with van der Waals surface area (Å²) in [5, 5.41) is 5.55. The predicted octanol–water partition coefficient (Wildman–Crippen LogP) is 0.741. The van der Waals surface area contributed by atoms with Crippen molar-refractivity contribution < 1.29 is 0 Å². The molecule has 2 rings (SSSR count). The van der Waals surface area contributed by atoms with Crippen LogP contribution in [0.5, 0.6) is 0 Å². The van der Waals surface area contributed by atoms with E-state index in [1.807, 2.05) is 31.6 Å². The molecule has 1 aromatic heterocycles. The number of nitrogens with zero attached hydrogens (tertiary/aromatic N) is 2. The van der Waals surface area contributed by atoms with Crippen molar-refractivity contribution in [3.63, 3.8) is 0 Å². The van der Waals surface area contributed by atoms with E-state index in [4.69, 9.17) is 0 Å². The van der Waals surface area contributed by atoms with E-state index < -0.39 is 0 Å². The Labute approximate surface area is 66.3 Å². The van der Waals surface area contributed by atoms with E-state index in [-0.39, 0.29) is 0 Å². The molecule has 54 valence electrons. The molecule has 1 heterocycles. The lowest BCUT2D eigenvalue weighted by atomic mass is 10.2. The highest BCUT2D eigenvalue weighted by molar-refractivity contribution is 6.10. The van der Waals surface area contributed by atoms with E-state index in [1.54, 1.807) is 0 Å². The Morgan fingerprint density at radius 1 is 1.36 bits per heavy atom. The molecule has 0 bridgehead atoms. The van der Waals surface area contributed by atoms with Crippen molar-refractivity contribution in [2.24, 2.45) is 0 Å². The molecule has 2 aromatic rings. The minimum Gasteiger partial charge on any atom is -0.319 e. The van der Waals surface area contributed by atoms with Gasteiger partial charge in [0.1, 0.15) is 0 Å². The van der Waals surface area contributed by atoms with Crippen LogP contribution in [0, 0.1) is 6.92 Å². The first-order chi connectivity index (χ1) is 5.29. The van der Waals surface area contributed by atoms with Crippen LogP contribution in [0.3, 0.4) is 0 Å². The normalized spacial score (nSPS) is 10.6. The van der Waals surface area contributed by atoms with Gasteiger partial charge < -0.3 is 4.59 Å². The van der Waals surface area contributed by atoms with Crippen molar-refractivity contribution in [1.82, 2.24) is 9.69 Å². The number of para-hydroxylation sites is 1. The summed E-state index contributed by atoms with van der Waals surface area (Å²) in [7, 11) is 1.97. The highest BCUT2D eigenvalue weighted by atomic mass is 15.2. The molecule has 0 saturated carbocycles. The van der Waals surface area contributed by atoms with Gasteiger partial charge in [-0.2, -0.15) is 5.10 Å². The van der Waals surface area contributed by atoms with Gasteiger partial charge in [0.15, 0.2) is 0 Å². The van der Waals surface area contributed by atoms with Gasteiger partial charge >= 0.3 is 0 Å². The molecule has 0 saturated heterocycles. The zero-order chi connectivity index (χ0) is 7.84. The number of benzene rings is 1. The van der Waals surface area contributed by atoms with Crippen LogP contribution in [0.4, 0.5) is 0 Å². The van der Waals surface area contributed by atoms with Crippen LogP contribution >= 0.6 is 0 Å². The molecule has 2 nitrogen and oxygen atoms in total. The summed E-state index contributed by atoms with van der Waals surface area (Å²) >= 11 is 0. The van der Waals surface area contributed by atoms with Crippen LogP contribution in [0.1, 0.15) is 5.69 Å². The molecule has 11 heavy (non-hydrogen) atoms. The summed E-state index contributed by atoms with van der Waals surface area (Å²) in [6, 6.07) is 8.24. The van der Waals surface area contributed by atoms with Gasteiger partial charge in [0, 0.05) is 5.39 Å². The Balaban J connectivity index is 2.95. The summed E-state index contributed by atoms with van der Waals surface area (Å²) in [6.07, 6.45) is 0. The molecule has 0 atom stereocenters. The molecule has 0 aliphatic rings. The molecule has 0 spiro atoms. The molecule has 0 unspecified atom stereocenters. The van der Waals surface area contributed by atoms with Crippen LogP contribution in [0.2, 0.25) is 0 Å². The largest absolute Gasteiger partial charge is 0.319 e. The van der Waals surface area contributed by atoms with Crippen LogP contribution in [-0.4, -0.2) is 17.7 Å². The highest BCUT2D eigenvalue weighted by Gasteiger charge is 2.00. The first-order valence-electron chi connectivity index (χ1n) is 3.67. The van der Waals surface area contributed by atoms with Gasteiger partial charge in [-0.05, 0) is 13.0 Å². The van der Waals surface area contributed by atoms with Gasteiger partial charge in [0.05, 0.1) is 11.2 Å². The van der Waals surface area contributed by atoms with Crippen LogP contribution in [-0.2, 0) is 0 Å². The molecule has 0 aliphatic carbocycles. The van der Waals surface area contributed by atoms with Gasteiger partial charge in [-0.1, -0.05) is 18.2 Å². The third-order valence-electron chi connectivity index (χ3n) is 1.94. The molecule has 0 fully saturated rings. The summed E-state index contributed by atoms with van der Waals surface area (Å²) in [5.74, 6) is 0. The molecule has 0 amide bonds. The Morgan fingerprint density at radius 2 is 2.09 bits per heavy atom. The first kappa shape index (κ1) is 6.46. The second kappa shape index (κ2) is 2.12. The fourth-order valence-corrected chi connectivity index (χ4v) is 1.39. The van der Waals surface area contributed by atoms with Crippen molar-refractivity contribution in [2.75, 3.05) is 0 Å². The van der Waals surface area contributed by atoms with Crippen molar-refractivity contribution in [3.05, 3.63) is 30.0 Å². The number of aryl methyl sites for hydroxylation is 1. The molecule has 0 aliphatic heterocycles. The van der Waals surface area contributed by atoms with Crippen molar-refractivity contribution in [3.8, 4) is 0 Å². The van der Waals surface area contributed by atoms with Crippen LogP contribution in [0.25, 0.3) is 10.9 Å². The zero-order valence-electron chi connectivity index (χ0n) is 6.70. The van der Waals surface area contributed by atoms with Gasteiger partial charge in [-0.15, -0.1) is 0 Å². The van der Waals surface area contributed by atoms with Gasteiger partial charge in [-0.3, -0.25) is 0 Å². The van der Waals surface area contributed by atoms with Crippen LogP contribution < -0.4 is 0 Å². The van der Waals surface area contributed by atoms with Crippen molar-refractivity contribution >= 4 is 18.9 Å². The van der Waals surface area contributed by atoms with E-state index in [1.165, 1.54) is 10.9 Å². The summed E-state index contributed by atoms with van der Waals surface area (Å²) in [6.45, 7) is 2.03. The molecule has 0 N–H and O–H groups in total. The summed E-state index contributed by atoms with van der Waals surface area (Å²) in [4.78, 5) is 0. The second-order valence-corrected chi connectivity index (χ2v) is 2.73. The van der Waals surface area contributed by atoms with E-state index in [0.717, 1.165) is 5.69 Å². The van der Waals surface area contributed by atoms with E-state index in [2.05, 4.69) is 17.2 Å². The molecule has 1 aromatic carbocycles.